The van der Waals surface area contributed by atoms with Crippen molar-refractivity contribution in [3.8, 4) is 0 Å². The van der Waals surface area contributed by atoms with Gasteiger partial charge in [-0.05, 0) is 34.4 Å². The lowest BCUT2D eigenvalue weighted by atomic mass is 9.87. The predicted molar refractivity (Wildman–Crippen MR) is 68.7 cm³/mol. The van der Waals surface area contributed by atoms with Crippen molar-refractivity contribution in [1.82, 2.24) is 0 Å². The largest absolute Gasteiger partial charge is 0.385 e. The molecule has 0 saturated carbocycles. The van der Waals surface area contributed by atoms with Crippen molar-refractivity contribution in [3.05, 3.63) is 58.3 Å². The zero-order chi connectivity index (χ0) is 11.4. The summed E-state index contributed by atoms with van der Waals surface area (Å²) in [6.45, 7) is 2.03. The molecule has 0 bridgehead atoms. The maximum absolute atomic E-state index is 10.6. The van der Waals surface area contributed by atoms with E-state index in [-0.39, 0.29) is 0 Å². The molecule has 2 rings (SSSR count). The van der Waals surface area contributed by atoms with Crippen molar-refractivity contribution in [2.45, 2.75) is 25.4 Å². The molecular formula is C14H16OS. The normalized spacial score (nSPS) is 14.6. The lowest BCUT2D eigenvalue weighted by Gasteiger charge is -2.26. The summed E-state index contributed by atoms with van der Waals surface area (Å²) < 4.78 is 0. The van der Waals surface area contributed by atoms with E-state index in [1.54, 1.807) is 11.3 Å². The number of benzene rings is 1. The molecule has 0 fully saturated rings. The summed E-state index contributed by atoms with van der Waals surface area (Å²) >= 11 is 1.63. The molecule has 16 heavy (non-hydrogen) atoms. The van der Waals surface area contributed by atoms with Crippen LogP contribution in [0.5, 0.6) is 0 Å². The van der Waals surface area contributed by atoms with Crippen LogP contribution in [0.3, 0.4) is 0 Å². The highest BCUT2D eigenvalue weighted by molar-refractivity contribution is 7.08. The van der Waals surface area contributed by atoms with Crippen molar-refractivity contribution in [1.29, 1.82) is 0 Å². The van der Waals surface area contributed by atoms with E-state index in [4.69, 9.17) is 0 Å². The van der Waals surface area contributed by atoms with Crippen LogP contribution in [0.2, 0.25) is 0 Å². The highest BCUT2D eigenvalue weighted by atomic mass is 32.1. The Kier molecular flexibility index (Phi) is 3.42. The van der Waals surface area contributed by atoms with Crippen LogP contribution >= 0.6 is 11.3 Å². The van der Waals surface area contributed by atoms with Gasteiger partial charge in [0.15, 0.2) is 0 Å². The first-order valence-electron chi connectivity index (χ1n) is 5.53. The van der Waals surface area contributed by atoms with Gasteiger partial charge in [0.05, 0.1) is 5.60 Å². The second kappa shape index (κ2) is 4.81. The molecule has 1 atom stereocenters. The summed E-state index contributed by atoms with van der Waals surface area (Å²) in [4.78, 5) is 0. The first kappa shape index (κ1) is 11.4. The van der Waals surface area contributed by atoms with Crippen molar-refractivity contribution in [3.63, 3.8) is 0 Å². The molecule has 0 saturated heterocycles. The predicted octanol–water partition coefficient (Wildman–Crippen LogP) is 3.59. The van der Waals surface area contributed by atoms with Crippen LogP contribution < -0.4 is 0 Å². The maximum Gasteiger partial charge on any atom is 0.0942 e. The summed E-state index contributed by atoms with van der Waals surface area (Å²) in [7, 11) is 0. The van der Waals surface area contributed by atoms with Gasteiger partial charge >= 0.3 is 0 Å². The summed E-state index contributed by atoms with van der Waals surface area (Å²) in [6, 6.07) is 12.2. The van der Waals surface area contributed by atoms with Crippen LogP contribution in [0.4, 0.5) is 0 Å². The summed E-state index contributed by atoms with van der Waals surface area (Å²) in [5.74, 6) is 0. The topological polar surface area (TPSA) is 20.2 Å². The van der Waals surface area contributed by atoms with Crippen molar-refractivity contribution in [2.75, 3.05) is 0 Å². The Balaban J connectivity index is 2.23. The third-order valence-corrected chi connectivity index (χ3v) is 3.67. The van der Waals surface area contributed by atoms with E-state index in [0.717, 1.165) is 12.0 Å². The van der Waals surface area contributed by atoms with E-state index < -0.39 is 5.60 Å². The second-order valence-corrected chi connectivity index (χ2v) is 4.84. The van der Waals surface area contributed by atoms with Crippen LogP contribution in [-0.4, -0.2) is 5.11 Å². The third-order valence-electron chi connectivity index (χ3n) is 2.98. The minimum atomic E-state index is -0.721. The second-order valence-electron chi connectivity index (χ2n) is 4.06. The van der Waals surface area contributed by atoms with Gasteiger partial charge in [-0.1, -0.05) is 37.3 Å². The van der Waals surface area contributed by atoms with E-state index in [2.05, 4.69) is 12.1 Å². The van der Waals surface area contributed by atoms with E-state index in [0.29, 0.717) is 6.42 Å². The van der Waals surface area contributed by atoms with Gasteiger partial charge < -0.3 is 5.11 Å². The molecule has 2 heteroatoms. The van der Waals surface area contributed by atoms with Crippen LogP contribution in [-0.2, 0) is 12.0 Å². The van der Waals surface area contributed by atoms with E-state index in [1.165, 1.54) is 5.56 Å². The lowest BCUT2D eigenvalue weighted by Crippen LogP contribution is -2.26. The Hall–Kier alpha value is -1.12. The molecule has 1 aromatic heterocycles. The molecule has 1 N–H and O–H groups in total. The Morgan fingerprint density at radius 1 is 1.19 bits per heavy atom. The Morgan fingerprint density at radius 3 is 2.50 bits per heavy atom. The van der Waals surface area contributed by atoms with E-state index >= 15 is 0 Å². The molecule has 1 unspecified atom stereocenters. The molecule has 0 amide bonds. The summed E-state index contributed by atoms with van der Waals surface area (Å²) in [5, 5.41) is 14.7. The molecule has 1 nitrogen and oxygen atoms in total. The van der Waals surface area contributed by atoms with Gasteiger partial charge in [-0.3, -0.25) is 0 Å². The smallest absolute Gasteiger partial charge is 0.0942 e. The van der Waals surface area contributed by atoms with Crippen LogP contribution in [0.1, 0.15) is 24.5 Å². The van der Waals surface area contributed by atoms with Crippen LogP contribution in [0.15, 0.2) is 47.2 Å². The zero-order valence-corrected chi connectivity index (χ0v) is 10.2. The van der Waals surface area contributed by atoms with Gasteiger partial charge in [-0.25, -0.2) is 0 Å². The molecule has 0 aliphatic rings. The Labute approximate surface area is 100 Å². The van der Waals surface area contributed by atoms with Crippen LogP contribution in [0.25, 0.3) is 0 Å². The average Bonchev–Trinajstić information content (AvgIpc) is 2.84. The maximum atomic E-state index is 10.6. The molecule has 84 valence electrons. The lowest BCUT2D eigenvalue weighted by molar-refractivity contribution is 0.0332. The summed E-state index contributed by atoms with van der Waals surface area (Å²) in [6.07, 6.45) is 1.42. The van der Waals surface area contributed by atoms with Crippen LogP contribution in [0, 0.1) is 0 Å². The van der Waals surface area contributed by atoms with Crippen molar-refractivity contribution >= 4 is 11.3 Å². The highest BCUT2D eigenvalue weighted by Gasteiger charge is 2.27. The van der Waals surface area contributed by atoms with Gasteiger partial charge in [0.1, 0.15) is 0 Å². The Morgan fingerprint density at radius 2 is 1.94 bits per heavy atom. The molecule has 0 aliphatic heterocycles. The van der Waals surface area contributed by atoms with Crippen molar-refractivity contribution in [2.24, 2.45) is 0 Å². The fraction of sp³-hybridized carbons (Fsp3) is 0.286. The minimum absolute atomic E-state index is 0.682. The number of aliphatic hydroxyl groups is 1. The van der Waals surface area contributed by atoms with Gasteiger partial charge in [-0.2, -0.15) is 11.3 Å². The van der Waals surface area contributed by atoms with Gasteiger partial charge in [-0.15, -0.1) is 0 Å². The molecule has 0 radical (unpaired) electrons. The molecular weight excluding hydrogens is 216 g/mol. The molecule has 0 aliphatic carbocycles. The van der Waals surface area contributed by atoms with Gasteiger partial charge in [0.25, 0.3) is 0 Å². The number of hydrogen-bond acceptors (Lipinski definition) is 2. The van der Waals surface area contributed by atoms with Gasteiger partial charge in [0.2, 0.25) is 0 Å². The van der Waals surface area contributed by atoms with Crippen molar-refractivity contribution < 1.29 is 5.11 Å². The molecule has 1 aromatic carbocycles. The first-order valence-corrected chi connectivity index (χ1v) is 6.48. The zero-order valence-electron chi connectivity index (χ0n) is 9.39. The molecule has 0 spiro atoms. The quantitative estimate of drug-likeness (QED) is 0.854. The average molecular weight is 232 g/mol. The SMILES string of the molecule is CCC(O)(Cc1ccccc1)c1ccsc1. The highest BCUT2D eigenvalue weighted by Crippen LogP contribution is 2.30. The van der Waals surface area contributed by atoms with E-state index in [1.807, 2.05) is 41.9 Å². The fourth-order valence-electron chi connectivity index (χ4n) is 1.89. The summed E-state index contributed by atoms with van der Waals surface area (Å²) in [5.41, 5.74) is 1.49. The Bertz CT molecular complexity index is 421. The number of hydrogen-bond donors (Lipinski definition) is 1. The third kappa shape index (κ3) is 2.34. The monoisotopic (exact) mass is 232 g/mol. The standard InChI is InChI=1S/C14H16OS/c1-2-14(15,13-8-9-16-11-13)10-12-6-4-3-5-7-12/h3-9,11,15H,2,10H2,1H3. The fourth-order valence-corrected chi connectivity index (χ4v) is 2.64. The van der Waals surface area contributed by atoms with Gasteiger partial charge in [0, 0.05) is 6.42 Å². The first-order chi connectivity index (χ1) is 7.74. The molecule has 2 aromatic rings. The molecule has 1 heterocycles. The number of rotatable bonds is 4. The minimum Gasteiger partial charge on any atom is -0.385 e. The number of thiophene rings is 1. The van der Waals surface area contributed by atoms with E-state index in [9.17, 15) is 5.11 Å².